The molecule has 0 unspecified atom stereocenters. The minimum Gasteiger partial charge on any atom is -0.497 e. The van der Waals surface area contributed by atoms with Crippen molar-refractivity contribution in [2.75, 3.05) is 20.3 Å². The second-order valence-corrected chi connectivity index (χ2v) is 4.72. The summed E-state index contributed by atoms with van der Waals surface area (Å²) in [6, 6.07) is 7.80. The Balaban J connectivity index is 2.22. The van der Waals surface area contributed by atoms with Crippen LogP contribution in [0.25, 0.3) is 0 Å². The Morgan fingerprint density at radius 1 is 1.19 bits per heavy atom. The number of carbonyl (C=O) groups excluding carboxylic acids is 1. The van der Waals surface area contributed by atoms with Crippen molar-refractivity contribution in [2.24, 2.45) is 0 Å². The molecule has 0 N–H and O–H groups in total. The zero-order valence-corrected chi connectivity index (χ0v) is 13.1. The molecule has 21 heavy (non-hydrogen) atoms. The summed E-state index contributed by atoms with van der Waals surface area (Å²) < 4.78 is 15.6. The van der Waals surface area contributed by atoms with Gasteiger partial charge in [-0.3, -0.25) is 4.79 Å². The fraction of sp³-hybridized carbons (Fsp3) is 0.471. The van der Waals surface area contributed by atoms with Crippen molar-refractivity contribution in [1.29, 1.82) is 0 Å². The monoisotopic (exact) mass is 292 g/mol. The highest BCUT2D eigenvalue weighted by Crippen LogP contribution is 2.12. The number of allylic oxidation sites excluding steroid dienone is 1. The predicted octanol–water partition coefficient (Wildman–Crippen LogP) is 3.50. The summed E-state index contributed by atoms with van der Waals surface area (Å²) in [6.07, 6.45) is 3.14. The predicted molar refractivity (Wildman–Crippen MR) is 82.3 cm³/mol. The van der Waals surface area contributed by atoms with Gasteiger partial charge in [-0.25, -0.2) is 0 Å². The molecular weight excluding hydrogens is 268 g/mol. The van der Waals surface area contributed by atoms with E-state index in [9.17, 15) is 4.79 Å². The van der Waals surface area contributed by atoms with Crippen LogP contribution in [0.4, 0.5) is 0 Å². The minimum atomic E-state index is -0.149. The molecule has 0 aromatic heterocycles. The van der Waals surface area contributed by atoms with Gasteiger partial charge in [0.05, 0.1) is 26.9 Å². The van der Waals surface area contributed by atoms with Crippen LogP contribution in [0.2, 0.25) is 0 Å². The number of rotatable bonds is 9. The highest BCUT2D eigenvalue weighted by Gasteiger charge is 2.01. The summed E-state index contributed by atoms with van der Waals surface area (Å²) in [5.41, 5.74) is 2.24. The van der Waals surface area contributed by atoms with Gasteiger partial charge in [0.15, 0.2) is 0 Å². The highest BCUT2D eigenvalue weighted by atomic mass is 16.5. The molecule has 0 atom stereocenters. The lowest BCUT2D eigenvalue weighted by molar-refractivity contribution is -0.143. The highest BCUT2D eigenvalue weighted by molar-refractivity contribution is 5.69. The van der Waals surface area contributed by atoms with Crippen molar-refractivity contribution < 1.29 is 19.0 Å². The average Bonchev–Trinajstić information content (AvgIpc) is 2.50. The SMILES string of the molecule is CCOC(=O)CC/C(C)=C/COCc1ccc(OC)cc1. The van der Waals surface area contributed by atoms with E-state index < -0.39 is 0 Å². The third kappa shape index (κ3) is 7.51. The second-order valence-electron chi connectivity index (χ2n) is 4.72. The normalized spacial score (nSPS) is 11.3. The smallest absolute Gasteiger partial charge is 0.306 e. The van der Waals surface area contributed by atoms with Crippen LogP contribution in [0.3, 0.4) is 0 Å². The molecule has 0 aliphatic carbocycles. The Hall–Kier alpha value is -1.81. The number of benzene rings is 1. The summed E-state index contributed by atoms with van der Waals surface area (Å²) in [6.45, 7) is 5.35. The van der Waals surface area contributed by atoms with Crippen molar-refractivity contribution in [3.8, 4) is 5.75 Å². The first-order valence-corrected chi connectivity index (χ1v) is 7.17. The first-order valence-electron chi connectivity index (χ1n) is 7.17. The molecule has 1 rings (SSSR count). The van der Waals surface area contributed by atoms with Gasteiger partial charge in [0.1, 0.15) is 5.75 Å². The number of methoxy groups -OCH3 is 1. The Morgan fingerprint density at radius 2 is 1.90 bits per heavy atom. The van der Waals surface area contributed by atoms with E-state index in [1.165, 1.54) is 0 Å². The second kappa shape index (κ2) is 10.00. The van der Waals surface area contributed by atoms with E-state index in [-0.39, 0.29) is 5.97 Å². The Morgan fingerprint density at radius 3 is 2.52 bits per heavy atom. The van der Waals surface area contributed by atoms with Gasteiger partial charge in [-0.1, -0.05) is 23.8 Å². The van der Waals surface area contributed by atoms with Crippen LogP contribution in [-0.4, -0.2) is 26.3 Å². The van der Waals surface area contributed by atoms with Crippen LogP contribution >= 0.6 is 0 Å². The lowest BCUT2D eigenvalue weighted by atomic mass is 10.1. The molecule has 0 radical (unpaired) electrons. The molecule has 4 heteroatoms. The van der Waals surface area contributed by atoms with Gasteiger partial charge in [0.2, 0.25) is 0 Å². The molecule has 1 aromatic carbocycles. The molecule has 4 nitrogen and oxygen atoms in total. The average molecular weight is 292 g/mol. The van der Waals surface area contributed by atoms with Crippen molar-refractivity contribution in [3.63, 3.8) is 0 Å². The van der Waals surface area contributed by atoms with Crippen LogP contribution in [0, 0.1) is 0 Å². The number of hydrogen-bond acceptors (Lipinski definition) is 4. The fourth-order valence-electron chi connectivity index (χ4n) is 1.73. The number of hydrogen-bond donors (Lipinski definition) is 0. The van der Waals surface area contributed by atoms with Crippen LogP contribution in [0.5, 0.6) is 5.75 Å². The van der Waals surface area contributed by atoms with Gasteiger partial charge in [0.25, 0.3) is 0 Å². The third-order valence-electron chi connectivity index (χ3n) is 3.01. The zero-order valence-electron chi connectivity index (χ0n) is 13.1. The Kier molecular flexibility index (Phi) is 8.21. The largest absolute Gasteiger partial charge is 0.497 e. The van der Waals surface area contributed by atoms with E-state index in [0.29, 0.717) is 32.7 Å². The molecule has 0 aliphatic rings. The van der Waals surface area contributed by atoms with E-state index in [1.807, 2.05) is 44.2 Å². The summed E-state index contributed by atoms with van der Waals surface area (Å²) in [7, 11) is 1.65. The van der Waals surface area contributed by atoms with E-state index in [2.05, 4.69) is 0 Å². The first kappa shape index (κ1) is 17.2. The lowest BCUT2D eigenvalue weighted by Gasteiger charge is -2.05. The molecule has 1 aromatic rings. The quantitative estimate of drug-likeness (QED) is 0.397. The maximum atomic E-state index is 11.2. The number of esters is 1. The maximum Gasteiger partial charge on any atom is 0.306 e. The van der Waals surface area contributed by atoms with Gasteiger partial charge < -0.3 is 14.2 Å². The van der Waals surface area contributed by atoms with E-state index in [0.717, 1.165) is 16.9 Å². The topological polar surface area (TPSA) is 44.8 Å². The molecule has 0 saturated carbocycles. The molecule has 0 fully saturated rings. The van der Waals surface area contributed by atoms with Crippen LogP contribution in [0.15, 0.2) is 35.9 Å². The van der Waals surface area contributed by atoms with Gasteiger partial charge in [0, 0.05) is 6.42 Å². The van der Waals surface area contributed by atoms with Gasteiger partial charge in [-0.2, -0.15) is 0 Å². The Bertz CT molecular complexity index is 448. The van der Waals surface area contributed by atoms with E-state index >= 15 is 0 Å². The molecule has 116 valence electrons. The van der Waals surface area contributed by atoms with Gasteiger partial charge in [-0.15, -0.1) is 0 Å². The van der Waals surface area contributed by atoms with Crippen LogP contribution < -0.4 is 4.74 Å². The molecule has 0 saturated heterocycles. The van der Waals surface area contributed by atoms with Crippen molar-refractivity contribution in [2.45, 2.75) is 33.3 Å². The van der Waals surface area contributed by atoms with E-state index in [4.69, 9.17) is 14.2 Å². The van der Waals surface area contributed by atoms with E-state index in [1.54, 1.807) is 7.11 Å². The van der Waals surface area contributed by atoms with Crippen molar-refractivity contribution in [3.05, 3.63) is 41.5 Å². The summed E-state index contributed by atoms with van der Waals surface area (Å²) in [4.78, 5) is 11.2. The third-order valence-corrected chi connectivity index (χ3v) is 3.01. The lowest BCUT2D eigenvalue weighted by Crippen LogP contribution is -2.03. The first-order chi connectivity index (χ1) is 10.2. The summed E-state index contributed by atoms with van der Waals surface area (Å²) in [5.74, 6) is 0.692. The van der Waals surface area contributed by atoms with Crippen LogP contribution in [-0.2, 0) is 20.9 Å². The summed E-state index contributed by atoms with van der Waals surface area (Å²) in [5, 5.41) is 0. The summed E-state index contributed by atoms with van der Waals surface area (Å²) >= 11 is 0. The standard InChI is InChI=1S/C17H24O4/c1-4-21-17(18)10-5-14(2)11-12-20-13-15-6-8-16(19-3)9-7-15/h6-9,11H,4-5,10,12-13H2,1-3H3/b14-11+. The minimum absolute atomic E-state index is 0.149. The van der Waals surface area contributed by atoms with Crippen molar-refractivity contribution in [1.82, 2.24) is 0 Å². The van der Waals surface area contributed by atoms with Crippen molar-refractivity contribution >= 4 is 5.97 Å². The van der Waals surface area contributed by atoms with Gasteiger partial charge >= 0.3 is 5.97 Å². The van der Waals surface area contributed by atoms with Gasteiger partial charge in [-0.05, 0) is 38.0 Å². The molecular formula is C17H24O4. The molecule has 0 spiro atoms. The molecule has 0 bridgehead atoms. The zero-order chi connectivity index (χ0) is 15.5. The molecule has 0 aliphatic heterocycles. The maximum absolute atomic E-state index is 11.2. The molecule has 0 heterocycles. The fourth-order valence-corrected chi connectivity index (χ4v) is 1.73. The molecule has 0 amide bonds. The van der Waals surface area contributed by atoms with Crippen LogP contribution in [0.1, 0.15) is 32.3 Å². The Labute approximate surface area is 126 Å². The number of carbonyl (C=O) groups is 1. The number of ether oxygens (including phenoxy) is 3.